The maximum Gasteiger partial charge on any atom is 0.260 e. The molecule has 0 heterocycles. The summed E-state index contributed by atoms with van der Waals surface area (Å²) < 4.78 is 12.7. The highest BCUT2D eigenvalue weighted by Crippen LogP contribution is 2.16. The van der Waals surface area contributed by atoms with E-state index in [0.29, 0.717) is 11.3 Å². The SMILES string of the molecule is O=C(SCc1ccc(F)cc1)C(=O)c1ccccc1. The summed E-state index contributed by atoms with van der Waals surface area (Å²) in [6.07, 6.45) is 0. The molecule has 0 aliphatic rings. The van der Waals surface area contributed by atoms with Crippen LogP contribution in [0.15, 0.2) is 54.6 Å². The van der Waals surface area contributed by atoms with Crippen LogP contribution in [0.4, 0.5) is 4.39 Å². The van der Waals surface area contributed by atoms with Gasteiger partial charge in [0.05, 0.1) is 0 Å². The molecule has 0 aliphatic heterocycles. The Morgan fingerprint density at radius 1 is 0.947 bits per heavy atom. The Morgan fingerprint density at radius 3 is 2.21 bits per heavy atom. The summed E-state index contributed by atoms with van der Waals surface area (Å²) >= 11 is 0.927. The van der Waals surface area contributed by atoms with E-state index in [2.05, 4.69) is 0 Å². The van der Waals surface area contributed by atoms with Gasteiger partial charge in [-0.3, -0.25) is 9.59 Å². The Hall–Kier alpha value is -1.94. The van der Waals surface area contributed by atoms with Gasteiger partial charge < -0.3 is 0 Å². The van der Waals surface area contributed by atoms with Gasteiger partial charge in [0.1, 0.15) is 5.82 Å². The number of rotatable bonds is 4. The Morgan fingerprint density at radius 2 is 1.58 bits per heavy atom. The molecule has 0 atom stereocenters. The fourth-order valence-corrected chi connectivity index (χ4v) is 2.24. The normalized spacial score (nSPS) is 10.2. The van der Waals surface area contributed by atoms with Crippen LogP contribution in [0, 0.1) is 5.82 Å². The molecule has 96 valence electrons. The van der Waals surface area contributed by atoms with Crippen molar-refractivity contribution in [3.8, 4) is 0 Å². The van der Waals surface area contributed by atoms with E-state index in [1.54, 1.807) is 42.5 Å². The molecule has 0 N–H and O–H groups in total. The lowest BCUT2D eigenvalue weighted by Gasteiger charge is -2.01. The number of thioether (sulfide) groups is 1. The van der Waals surface area contributed by atoms with Crippen LogP contribution in [0.1, 0.15) is 15.9 Å². The number of ketones is 1. The highest BCUT2D eigenvalue weighted by molar-refractivity contribution is 8.14. The number of benzene rings is 2. The van der Waals surface area contributed by atoms with E-state index in [9.17, 15) is 14.0 Å². The fraction of sp³-hybridized carbons (Fsp3) is 0.0667. The Balaban J connectivity index is 1.95. The van der Waals surface area contributed by atoms with E-state index in [-0.39, 0.29) is 5.82 Å². The molecule has 0 aliphatic carbocycles. The highest BCUT2D eigenvalue weighted by atomic mass is 32.2. The summed E-state index contributed by atoms with van der Waals surface area (Å²) in [5.74, 6) is -0.467. The molecule has 0 bridgehead atoms. The lowest BCUT2D eigenvalue weighted by molar-refractivity contribution is -0.107. The molecule has 0 aromatic heterocycles. The third-order valence-electron chi connectivity index (χ3n) is 2.50. The van der Waals surface area contributed by atoms with E-state index < -0.39 is 10.9 Å². The number of halogens is 1. The molecule has 0 radical (unpaired) electrons. The molecule has 0 saturated carbocycles. The maximum atomic E-state index is 12.7. The molecule has 0 unspecified atom stereocenters. The molecule has 2 aromatic carbocycles. The van der Waals surface area contributed by atoms with Gasteiger partial charge in [0, 0.05) is 11.3 Å². The van der Waals surface area contributed by atoms with Crippen molar-refractivity contribution in [2.45, 2.75) is 5.75 Å². The third-order valence-corrected chi connectivity index (χ3v) is 3.43. The van der Waals surface area contributed by atoms with E-state index in [1.165, 1.54) is 12.1 Å². The summed E-state index contributed by atoms with van der Waals surface area (Å²) in [6.45, 7) is 0. The Bertz CT molecular complexity index is 579. The van der Waals surface area contributed by atoms with Gasteiger partial charge in [0.15, 0.2) is 0 Å². The first-order valence-electron chi connectivity index (χ1n) is 5.68. The molecule has 2 nitrogen and oxygen atoms in total. The standard InChI is InChI=1S/C15H11FO2S/c16-13-8-6-11(7-9-13)10-19-15(18)14(17)12-4-2-1-3-5-12/h1-9H,10H2. The number of hydrogen-bond acceptors (Lipinski definition) is 3. The molecule has 0 spiro atoms. The van der Waals surface area contributed by atoms with Crippen molar-refractivity contribution < 1.29 is 14.0 Å². The second-order valence-corrected chi connectivity index (χ2v) is 4.85. The zero-order valence-electron chi connectivity index (χ0n) is 10.0. The maximum absolute atomic E-state index is 12.7. The molecule has 0 saturated heterocycles. The first-order chi connectivity index (χ1) is 9.16. The number of Topliss-reactive ketones (excluding diaryl/α,β-unsaturated/α-hetero) is 1. The van der Waals surface area contributed by atoms with Crippen molar-refractivity contribution in [2.24, 2.45) is 0 Å². The molecule has 0 amide bonds. The van der Waals surface area contributed by atoms with Crippen LogP contribution >= 0.6 is 11.8 Å². The minimum Gasteiger partial charge on any atom is -0.284 e. The minimum atomic E-state index is -0.507. The molecule has 2 aromatic rings. The van der Waals surface area contributed by atoms with Gasteiger partial charge in [-0.1, -0.05) is 54.2 Å². The van der Waals surface area contributed by atoms with Crippen molar-refractivity contribution in [2.75, 3.05) is 0 Å². The van der Waals surface area contributed by atoms with Crippen LogP contribution < -0.4 is 0 Å². The Kier molecular flexibility index (Phi) is 4.47. The minimum absolute atomic E-state index is 0.319. The van der Waals surface area contributed by atoms with Gasteiger partial charge in [-0.05, 0) is 17.7 Å². The lowest BCUT2D eigenvalue weighted by Crippen LogP contribution is -2.10. The first kappa shape index (κ1) is 13.5. The van der Waals surface area contributed by atoms with Crippen LogP contribution in [-0.4, -0.2) is 10.9 Å². The van der Waals surface area contributed by atoms with Crippen LogP contribution in [0.25, 0.3) is 0 Å². The second-order valence-electron chi connectivity index (χ2n) is 3.90. The lowest BCUT2D eigenvalue weighted by atomic mass is 10.1. The summed E-state index contributed by atoms with van der Waals surface area (Å²) in [7, 11) is 0. The molecule has 0 fully saturated rings. The van der Waals surface area contributed by atoms with Crippen LogP contribution in [0.3, 0.4) is 0 Å². The van der Waals surface area contributed by atoms with Gasteiger partial charge in [-0.2, -0.15) is 0 Å². The Labute approximate surface area is 114 Å². The monoisotopic (exact) mass is 274 g/mol. The van der Waals surface area contributed by atoms with Gasteiger partial charge in [0.2, 0.25) is 5.78 Å². The predicted octanol–water partition coefficient (Wildman–Crippen LogP) is 3.47. The van der Waals surface area contributed by atoms with Gasteiger partial charge in [-0.25, -0.2) is 4.39 Å². The molecular weight excluding hydrogens is 263 g/mol. The quantitative estimate of drug-likeness (QED) is 0.632. The van der Waals surface area contributed by atoms with Crippen LogP contribution in [0.2, 0.25) is 0 Å². The number of carbonyl (C=O) groups excluding carboxylic acids is 2. The van der Waals surface area contributed by atoms with Crippen molar-refractivity contribution in [1.82, 2.24) is 0 Å². The summed E-state index contributed by atoms with van der Waals surface area (Å²) in [5, 5.41) is -0.504. The fourth-order valence-electron chi connectivity index (χ4n) is 1.50. The van der Waals surface area contributed by atoms with Gasteiger partial charge >= 0.3 is 0 Å². The van der Waals surface area contributed by atoms with Crippen LogP contribution in [-0.2, 0) is 10.5 Å². The molecule has 4 heteroatoms. The van der Waals surface area contributed by atoms with Crippen molar-refractivity contribution in [3.05, 3.63) is 71.5 Å². The summed E-state index contributed by atoms with van der Waals surface area (Å²) in [5.41, 5.74) is 1.19. The van der Waals surface area contributed by atoms with E-state index in [1.807, 2.05) is 0 Å². The van der Waals surface area contributed by atoms with E-state index in [4.69, 9.17) is 0 Å². The zero-order valence-corrected chi connectivity index (χ0v) is 10.8. The first-order valence-corrected chi connectivity index (χ1v) is 6.66. The average Bonchev–Trinajstić information content (AvgIpc) is 2.46. The predicted molar refractivity (Wildman–Crippen MR) is 73.5 cm³/mol. The second kappa shape index (κ2) is 6.29. The average molecular weight is 274 g/mol. The van der Waals surface area contributed by atoms with Gasteiger partial charge in [-0.15, -0.1) is 0 Å². The largest absolute Gasteiger partial charge is 0.284 e. The van der Waals surface area contributed by atoms with E-state index in [0.717, 1.165) is 17.3 Å². The van der Waals surface area contributed by atoms with Crippen LogP contribution in [0.5, 0.6) is 0 Å². The number of carbonyl (C=O) groups is 2. The van der Waals surface area contributed by atoms with Gasteiger partial charge in [0.25, 0.3) is 5.12 Å². The topological polar surface area (TPSA) is 34.1 Å². The summed E-state index contributed by atoms with van der Waals surface area (Å²) in [6, 6.07) is 14.3. The number of hydrogen-bond donors (Lipinski definition) is 0. The molecule has 19 heavy (non-hydrogen) atoms. The molecule has 2 rings (SSSR count). The van der Waals surface area contributed by atoms with E-state index >= 15 is 0 Å². The van der Waals surface area contributed by atoms with Crippen molar-refractivity contribution in [1.29, 1.82) is 0 Å². The summed E-state index contributed by atoms with van der Waals surface area (Å²) in [4.78, 5) is 23.5. The third kappa shape index (κ3) is 3.76. The smallest absolute Gasteiger partial charge is 0.260 e. The van der Waals surface area contributed by atoms with Crippen molar-refractivity contribution >= 4 is 22.7 Å². The zero-order chi connectivity index (χ0) is 13.7. The molecular formula is C15H11FO2S. The highest BCUT2D eigenvalue weighted by Gasteiger charge is 2.16. The van der Waals surface area contributed by atoms with Crippen molar-refractivity contribution in [3.63, 3.8) is 0 Å².